The second-order valence-electron chi connectivity index (χ2n) is 5.55. The third-order valence-corrected chi connectivity index (χ3v) is 4.25. The fourth-order valence-corrected chi connectivity index (χ4v) is 2.89. The van der Waals surface area contributed by atoms with Gasteiger partial charge in [0.25, 0.3) is 0 Å². The molecule has 4 aromatic rings. The van der Waals surface area contributed by atoms with Gasteiger partial charge < -0.3 is 4.74 Å². The monoisotopic (exact) mass is 303 g/mol. The van der Waals surface area contributed by atoms with E-state index in [1.165, 1.54) is 5.56 Å². The Morgan fingerprint density at radius 2 is 1.87 bits per heavy atom. The number of aromatic amines is 1. The van der Waals surface area contributed by atoms with Gasteiger partial charge in [0, 0.05) is 22.5 Å². The minimum atomic E-state index is 0.815. The highest BCUT2D eigenvalue weighted by molar-refractivity contribution is 6.07. The second kappa shape index (κ2) is 5.39. The van der Waals surface area contributed by atoms with Gasteiger partial charge in [-0.05, 0) is 30.2 Å². The smallest absolute Gasteiger partial charge is 0.119 e. The lowest BCUT2D eigenvalue weighted by Gasteiger charge is -2.03. The molecule has 0 aliphatic heterocycles. The summed E-state index contributed by atoms with van der Waals surface area (Å²) in [4.78, 5) is 4.56. The molecule has 0 spiro atoms. The molecule has 2 heterocycles. The molecule has 114 valence electrons. The summed E-state index contributed by atoms with van der Waals surface area (Å²) in [6.07, 6.45) is 2.92. The molecule has 2 aromatic heterocycles. The first-order valence-corrected chi connectivity index (χ1v) is 7.70. The van der Waals surface area contributed by atoms with Gasteiger partial charge in [-0.1, -0.05) is 31.2 Å². The van der Waals surface area contributed by atoms with E-state index in [0.717, 1.165) is 45.2 Å². The normalized spacial score (nSPS) is 11.2. The van der Waals surface area contributed by atoms with Crippen molar-refractivity contribution in [3.8, 4) is 17.0 Å². The van der Waals surface area contributed by atoms with Gasteiger partial charge in [0.1, 0.15) is 11.4 Å². The van der Waals surface area contributed by atoms with Gasteiger partial charge >= 0.3 is 0 Å². The van der Waals surface area contributed by atoms with Crippen molar-refractivity contribution >= 4 is 21.8 Å². The Labute approximate surface area is 134 Å². The van der Waals surface area contributed by atoms with Crippen LogP contribution in [0.4, 0.5) is 0 Å². The third-order valence-electron chi connectivity index (χ3n) is 4.25. The maximum absolute atomic E-state index is 5.33. The summed E-state index contributed by atoms with van der Waals surface area (Å²) in [5.74, 6) is 0.815. The van der Waals surface area contributed by atoms with Crippen molar-refractivity contribution in [2.75, 3.05) is 7.11 Å². The molecule has 1 N–H and O–H groups in total. The lowest BCUT2D eigenvalue weighted by molar-refractivity contribution is 0.415. The predicted molar refractivity (Wildman–Crippen MR) is 92.8 cm³/mol. The minimum absolute atomic E-state index is 0.815. The average Bonchev–Trinajstić information content (AvgIpc) is 3.05. The van der Waals surface area contributed by atoms with Crippen LogP contribution < -0.4 is 4.74 Å². The molecule has 0 radical (unpaired) electrons. The highest BCUT2D eigenvalue weighted by Crippen LogP contribution is 2.31. The number of ether oxygens (including phenoxy) is 1. The van der Waals surface area contributed by atoms with Crippen LogP contribution in [0.2, 0.25) is 0 Å². The summed E-state index contributed by atoms with van der Waals surface area (Å²) in [5.41, 5.74) is 5.26. The Morgan fingerprint density at radius 1 is 1.04 bits per heavy atom. The molecule has 0 bridgehead atoms. The predicted octanol–water partition coefficient (Wildman–Crippen LogP) is 4.35. The largest absolute Gasteiger partial charge is 0.497 e. The van der Waals surface area contributed by atoms with Gasteiger partial charge in [-0.25, -0.2) is 0 Å². The molecule has 0 atom stereocenters. The SMILES string of the molecule is CCc1ccc(-c2n[nH]c3c2cnc2ccc(OC)cc23)cc1. The number of nitrogens with zero attached hydrogens (tertiary/aromatic N) is 2. The van der Waals surface area contributed by atoms with Crippen molar-refractivity contribution in [1.29, 1.82) is 0 Å². The number of methoxy groups -OCH3 is 1. The van der Waals surface area contributed by atoms with Crippen molar-refractivity contribution in [1.82, 2.24) is 15.2 Å². The van der Waals surface area contributed by atoms with Gasteiger partial charge in [-0.3, -0.25) is 10.1 Å². The van der Waals surface area contributed by atoms with Crippen LogP contribution in [-0.2, 0) is 6.42 Å². The number of nitrogens with one attached hydrogen (secondary N) is 1. The zero-order chi connectivity index (χ0) is 15.8. The van der Waals surface area contributed by atoms with E-state index >= 15 is 0 Å². The molecule has 0 fully saturated rings. The van der Waals surface area contributed by atoms with Crippen LogP contribution in [-0.4, -0.2) is 22.3 Å². The summed E-state index contributed by atoms with van der Waals surface area (Å²) < 4.78 is 5.33. The Morgan fingerprint density at radius 3 is 2.61 bits per heavy atom. The van der Waals surface area contributed by atoms with E-state index in [9.17, 15) is 0 Å². The van der Waals surface area contributed by atoms with Crippen molar-refractivity contribution in [3.63, 3.8) is 0 Å². The number of hydrogen-bond donors (Lipinski definition) is 1. The molecule has 0 aliphatic rings. The summed E-state index contributed by atoms with van der Waals surface area (Å²) in [6, 6.07) is 14.4. The van der Waals surface area contributed by atoms with Gasteiger partial charge in [-0.2, -0.15) is 5.10 Å². The fraction of sp³-hybridized carbons (Fsp3) is 0.158. The first-order chi connectivity index (χ1) is 11.3. The average molecular weight is 303 g/mol. The van der Waals surface area contributed by atoms with Crippen LogP contribution in [0.15, 0.2) is 48.7 Å². The Kier molecular flexibility index (Phi) is 3.23. The van der Waals surface area contributed by atoms with E-state index in [1.807, 2.05) is 24.4 Å². The molecule has 0 saturated carbocycles. The molecular formula is C19H17N3O. The number of aryl methyl sites for hydroxylation is 1. The van der Waals surface area contributed by atoms with Crippen molar-refractivity contribution in [3.05, 3.63) is 54.2 Å². The molecule has 0 unspecified atom stereocenters. The van der Waals surface area contributed by atoms with Crippen LogP contribution in [0.25, 0.3) is 33.1 Å². The Balaban J connectivity index is 1.93. The van der Waals surface area contributed by atoms with E-state index in [1.54, 1.807) is 7.11 Å². The Bertz CT molecular complexity index is 987. The second-order valence-corrected chi connectivity index (χ2v) is 5.55. The zero-order valence-corrected chi connectivity index (χ0v) is 13.1. The number of benzene rings is 2. The molecule has 4 rings (SSSR count). The summed E-state index contributed by atoms with van der Waals surface area (Å²) in [6.45, 7) is 2.16. The highest BCUT2D eigenvalue weighted by Gasteiger charge is 2.12. The lowest BCUT2D eigenvalue weighted by atomic mass is 10.0. The van der Waals surface area contributed by atoms with Crippen LogP contribution in [0.3, 0.4) is 0 Å². The van der Waals surface area contributed by atoms with Crippen LogP contribution >= 0.6 is 0 Å². The molecule has 0 amide bonds. The summed E-state index contributed by atoms with van der Waals surface area (Å²) >= 11 is 0. The maximum Gasteiger partial charge on any atom is 0.119 e. The molecule has 23 heavy (non-hydrogen) atoms. The zero-order valence-electron chi connectivity index (χ0n) is 13.1. The van der Waals surface area contributed by atoms with E-state index < -0.39 is 0 Å². The van der Waals surface area contributed by atoms with Gasteiger partial charge in [-0.15, -0.1) is 0 Å². The van der Waals surface area contributed by atoms with E-state index in [2.05, 4.69) is 46.4 Å². The Hall–Kier alpha value is -2.88. The molecule has 4 nitrogen and oxygen atoms in total. The van der Waals surface area contributed by atoms with Crippen molar-refractivity contribution < 1.29 is 4.74 Å². The van der Waals surface area contributed by atoms with Crippen molar-refractivity contribution in [2.45, 2.75) is 13.3 Å². The number of aromatic nitrogens is 3. The van der Waals surface area contributed by atoms with E-state index in [-0.39, 0.29) is 0 Å². The van der Waals surface area contributed by atoms with Crippen LogP contribution in [0.1, 0.15) is 12.5 Å². The van der Waals surface area contributed by atoms with E-state index in [0.29, 0.717) is 0 Å². The molecule has 2 aromatic carbocycles. The number of fused-ring (bicyclic) bond motifs is 3. The molecule has 0 saturated heterocycles. The molecule has 4 heteroatoms. The first-order valence-electron chi connectivity index (χ1n) is 7.70. The van der Waals surface area contributed by atoms with Crippen LogP contribution in [0.5, 0.6) is 5.75 Å². The lowest BCUT2D eigenvalue weighted by Crippen LogP contribution is -1.85. The van der Waals surface area contributed by atoms with Gasteiger partial charge in [0.2, 0.25) is 0 Å². The number of hydrogen-bond acceptors (Lipinski definition) is 3. The van der Waals surface area contributed by atoms with Crippen LogP contribution in [0, 0.1) is 0 Å². The third kappa shape index (κ3) is 2.23. The quantitative estimate of drug-likeness (QED) is 0.612. The standard InChI is InChI=1S/C19H17N3O/c1-3-12-4-6-13(7-5-12)18-16-11-20-17-9-8-14(23-2)10-15(17)19(16)22-21-18/h4-11H,3H2,1-2H3,(H,21,22). The van der Waals surface area contributed by atoms with Crippen molar-refractivity contribution in [2.24, 2.45) is 0 Å². The van der Waals surface area contributed by atoms with E-state index in [4.69, 9.17) is 4.74 Å². The number of rotatable bonds is 3. The molecule has 0 aliphatic carbocycles. The summed E-state index contributed by atoms with van der Waals surface area (Å²) in [5, 5.41) is 9.73. The van der Waals surface area contributed by atoms with Gasteiger partial charge in [0.05, 0.1) is 18.1 Å². The maximum atomic E-state index is 5.33. The highest BCUT2D eigenvalue weighted by atomic mass is 16.5. The fourth-order valence-electron chi connectivity index (χ4n) is 2.89. The number of H-pyrrole nitrogens is 1. The summed E-state index contributed by atoms with van der Waals surface area (Å²) in [7, 11) is 1.67. The topological polar surface area (TPSA) is 50.8 Å². The minimum Gasteiger partial charge on any atom is -0.497 e. The molecular weight excluding hydrogens is 286 g/mol. The van der Waals surface area contributed by atoms with Gasteiger partial charge in [0.15, 0.2) is 0 Å². The first kappa shape index (κ1) is 13.8. The number of pyridine rings is 1.